The summed E-state index contributed by atoms with van der Waals surface area (Å²) in [4.78, 5) is 0. The maximum atomic E-state index is 2.33. The molecule has 0 amide bonds. The topological polar surface area (TPSA) is 0 Å². The van der Waals surface area contributed by atoms with Crippen molar-refractivity contribution in [1.82, 2.24) is 0 Å². The van der Waals surface area contributed by atoms with Crippen LogP contribution < -0.4 is 0 Å². The van der Waals surface area contributed by atoms with Crippen molar-refractivity contribution >= 4 is 25.0 Å². The van der Waals surface area contributed by atoms with Gasteiger partial charge < -0.3 is 0 Å². The van der Waals surface area contributed by atoms with E-state index in [-0.39, 0.29) is 0 Å². The molecule has 0 aromatic heterocycles. The number of halogens is 2. The summed E-state index contributed by atoms with van der Waals surface area (Å²) in [6.07, 6.45) is 0. The van der Waals surface area contributed by atoms with Crippen LogP contribution in [0.15, 0.2) is 0 Å². The third-order valence-corrected chi connectivity index (χ3v) is 5.62. The summed E-state index contributed by atoms with van der Waals surface area (Å²) >= 11 is 5.52. The Balaban J connectivity index is 0.000000360. The summed E-state index contributed by atoms with van der Waals surface area (Å²) in [6, 6.07) is 0. The van der Waals surface area contributed by atoms with E-state index in [9.17, 15) is 0 Å². The molecule has 0 heterocycles. The van der Waals surface area contributed by atoms with Crippen molar-refractivity contribution in [2.45, 2.75) is 69.2 Å². The van der Waals surface area contributed by atoms with E-state index >= 15 is 0 Å². The predicted octanol–water partition coefficient (Wildman–Crippen LogP) is 7.67. The van der Waals surface area contributed by atoms with Gasteiger partial charge in [-0.1, -0.05) is 69.2 Å². The van der Waals surface area contributed by atoms with Crippen molar-refractivity contribution in [2.24, 2.45) is 0 Å². The van der Waals surface area contributed by atoms with Gasteiger partial charge in [-0.2, -0.15) is 55.6 Å². The molecule has 3 heteroatoms. The molecule has 0 fully saturated rings. The van der Waals surface area contributed by atoms with E-state index in [1.807, 2.05) is 0 Å². The van der Waals surface area contributed by atoms with Crippen LogP contribution in [0.3, 0.4) is 0 Å². The van der Waals surface area contributed by atoms with E-state index in [4.69, 9.17) is 0 Å². The fourth-order valence-electron chi connectivity index (χ4n) is 2.81. The van der Waals surface area contributed by atoms with Crippen LogP contribution in [0.2, 0.25) is 0 Å². The van der Waals surface area contributed by atoms with E-state index in [1.165, 1.54) is 55.6 Å². The van der Waals surface area contributed by atoms with Gasteiger partial charge >= 0.3 is 55.5 Å². The van der Waals surface area contributed by atoms with Gasteiger partial charge in [-0.15, -0.1) is 0 Å². The molecule has 0 radical (unpaired) electrons. The zero-order valence-electron chi connectivity index (χ0n) is 16.0. The molecular formula is C20H30I2Yb-2. The number of hydrogen-bond acceptors (Lipinski definition) is 0. The number of rotatable bonds is 0. The third kappa shape index (κ3) is 6.41. The molecule has 0 aliphatic carbocycles. The predicted molar refractivity (Wildman–Crippen MR) is 119 cm³/mol. The molecule has 0 unspecified atom stereocenters. The summed E-state index contributed by atoms with van der Waals surface area (Å²) in [7, 11) is 0. The Morgan fingerprint density at radius 2 is 0.652 bits per heavy atom. The van der Waals surface area contributed by atoms with Gasteiger partial charge in [0, 0.05) is 0 Å². The van der Waals surface area contributed by atoms with Gasteiger partial charge in [0.2, 0.25) is 0 Å². The molecule has 0 bridgehead atoms. The van der Waals surface area contributed by atoms with Crippen LogP contribution >= 0.6 is 25.0 Å². The summed E-state index contributed by atoms with van der Waals surface area (Å²) < 4.78 is 0. The van der Waals surface area contributed by atoms with Crippen LogP contribution in [-0.4, -0.2) is 0 Å². The fourth-order valence-corrected chi connectivity index (χ4v) is 2.81. The molecule has 0 N–H and O–H groups in total. The molecule has 2 aromatic rings. The first-order chi connectivity index (χ1) is 10.5. The van der Waals surface area contributed by atoms with Gasteiger partial charge in [-0.25, -0.2) is 0 Å². The Hall–Kier alpha value is 1.68. The second kappa shape index (κ2) is 11.4. The van der Waals surface area contributed by atoms with Crippen molar-refractivity contribution in [3.63, 3.8) is 0 Å². The van der Waals surface area contributed by atoms with Crippen LogP contribution in [0, 0.1) is 99.8 Å². The summed E-state index contributed by atoms with van der Waals surface area (Å²) in [6.45, 7) is 22.0. The first kappa shape index (κ1) is 24.7. The molecule has 0 nitrogen and oxygen atoms in total. The summed E-state index contributed by atoms with van der Waals surface area (Å²) in [5.41, 5.74) is 14.7. The Bertz CT molecular complexity index is 429. The molecular weight excluding hydrogens is 667 g/mol. The molecule has 2 aromatic carbocycles. The Morgan fingerprint density at radius 1 is 0.522 bits per heavy atom. The summed E-state index contributed by atoms with van der Waals surface area (Å²) in [5.74, 6) is 0. The standard InChI is InChI=1S/2C10H15.2HI.Yb/c2*1-6-7(2)9(4)10(5)8(6)3;;;/h2*1-5H3;2*1H;/q2*-1;;;+2/p-2. The minimum absolute atomic E-state index is 0.857. The van der Waals surface area contributed by atoms with E-state index in [0.29, 0.717) is 0 Å². The summed E-state index contributed by atoms with van der Waals surface area (Å²) in [5, 5.41) is 0. The van der Waals surface area contributed by atoms with Gasteiger partial charge in [-0.3, -0.25) is 0 Å². The monoisotopic (exact) mass is 698 g/mol. The zero-order valence-corrected chi connectivity index (χ0v) is 22.1. The van der Waals surface area contributed by atoms with Crippen LogP contribution in [-0.2, 0) is 0 Å². The maximum absolute atomic E-state index is 2.33. The second-order valence-electron chi connectivity index (χ2n) is 6.29. The molecule has 0 saturated heterocycles. The quantitative estimate of drug-likeness (QED) is 0.196. The first-order valence-corrected chi connectivity index (χ1v) is 17.6. The van der Waals surface area contributed by atoms with Crippen molar-refractivity contribution in [2.75, 3.05) is 0 Å². The fraction of sp³-hybridized carbons (Fsp3) is 0.500. The third-order valence-electron chi connectivity index (χ3n) is 5.62. The normalized spacial score (nSPS) is 10.1. The van der Waals surface area contributed by atoms with Crippen molar-refractivity contribution < 1.29 is 30.5 Å². The van der Waals surface area contributed by atoms with E-state index in [2.05, 4.69) is 94.3 Å². The van der Waals surface area contributed by atoms with Crippen LogP contribution in [0.1, 0.15) is 55.6 Å². The van der Waals surface area contributed by atoms with Crippen LogP contribution in [0.25, 0.3) is 0 Å². The molecule has 0 atom stereocenters. The van der Waals surface area contributed by atoms with E-state index < -0.39 is 0 Å². The Morgan fingerprint density at radius 3 is 0.696 bits per heavy atom. The van der Waals surface area contributed by atoms with E-state index in [1.54, 1.807) is 0 Å². The van der Waals surface area contributed by atoms with Gasteiger partial charge in [0.25, 0.3) is 0 Å². The van der Waals surface area contributed by atoms with Gasteiger partial charge in [0.1, 0.15) is 0 Å². The second-order valence-corrected chi connectivity index (χ2v) is 19.0. The Labute approximate surface area is 177 Å². The molecule has 2 rings (SSSR count). The molecule has 0 spiro atoms. The van der Waals surface area contributed by atoms with Crippen LogP contribution in [0.5, 0.6) is 0 Å². The van der Waals surface area contributed by atoms with Crippen molar-refractivity contribution in [3.05, 3.63) is 55.6 Å². The van der Waals surface area contributed by atoms with Gasteiger partial charge in [-0.05, 0) is 0 Å². The number of hydrogen-bond donors (Lipinski definition) is 0. The molecule has 140 valence electrons. The molecule has 0 aliphatic heterocycles. The average molecular weight is 697 g/mol. The first-order valence-electron chi connectivity index (χ1n) is 7.70. The molecule has 0 saturated carbocycles. The van der Waals surface area contributed by atoms with Crippen molar-refractivity contribution in [1.29, 1.82) is 0 Å². The van der Waals surface area contributed by atoms with E-state index in [0.717, 1.165) is 30.5 Å². The molecule has 0 aliphatic rings. The SMILES string of the molecule is Cc1c(C)c(C)[c-](C)c1C.Cc1c(C)c(C)[c-](C)c1C.[I][Yb][I]. The Kier molecular flexibility index (Phi) is 12.2. The minimum atomic E-state index is 0.857. The zero-order chi connectivity index (χ0) is 18.5. The van der Waals surface area contributed by atoms with Gasteiger partial charge in [0.05, 0.1) is 0 Å². The average Bonchev–Trinajstić information content (AvgIpc) is 2.80. The van der Waals surface area contributed by atoms with Crippen LogP contribution in [0.4, 0.5) is 0 Å². The molecule has 23 heavy (non-hydrogen) atoms. The van der Waals surface area contributed by atoms with Gasteiger partial charge in [0.15, 0.2) is 0 Å². The van der Waals surface area contributed by atoms with Crippen molar-refractivity contribution in [3.8, 4) is 0 Å².